The van der Waals surface area contributed by atoms with E-state index in [-0.39, 0.29) is 0 Å². The Morgan fingerprint density at radius 2 is 1.82 bits per heavy atom. The van der Waals surface area contributed by atoms with Crippen LogP contribution >= 0.6 is 0 Å². The van der Waals surface area contributed by atoms with E-state index in [4.69, 9.17) is 0 Å². The lowest BCUT2D eigenvalue weighted by molar-refractivity contribution is -0.140. The second kappa shape index (κ2) is 5.62. The van der Waals surface area contributed by atoms with E-state index in [0.29, 0.717) is 5.69 Å². The van der Waals surface area contributed by atoms with Crippen LogP contribution in [0.4, 0.5) is 23.2 Å². The Hall–Kier alpha value is -1.63. The molecule has 1 atom stereocenters. The van der Waals surface area contributed by atoms with Gasteiger partial charge in [-0.05, 0) is 19.2 Å². The normalized spacial score (nSPS) is 14.5. The molecule has 0 amide bonds. The van der Waals surface area contributed by atoms with Crippen molar-refractivity contribution in [1.82, 2.24) is 5.32 Å². The molecule has 1 aromatic carbocycles. The lowest BCUT2D eigenvalue weighted by Crippen LogP contribution is -2.45. The van der Waals surface area contributed by atoms with Crippen LogP contribution in [0.1, 0.15) is 0 Å². The lowest BCUT2D eigenvalue weighted by Gasteiger charge is -2.16. The molecular weight excluding hydrogens is 238 g/mol. The molecule has 0 aliphatic heterocycles. The van der Waals surface area contributed by atoms with Crippen molar-refractivity contribution in [2.75, 3.05) is 12.5 Å². The van der Waals surface area contributed by atoms with Crippen molar-refractivity contribution in [3.63, 3.8) is 0 Å². The summed E-state index contributed by atoms with van der Waals surface area (Å²) in [7, 11) is 1.01. The van der Waals surface area contributed by atoms with Crippen LogP contribution in [0.2, 0.25) is 0 Å². The summed E-state index contributed by atoms with van der Waals surface area (Å²) in [6.45, 7) is 0. The zero-order valence-electron chi connectivity index (χ0n) is 8.92. The van der Waals surface area contributed by atoms with Crippen molar-refractivity contribution in [2.45, 2.75) is 12.2 Å². The number of hydrogen-bond acceptors (Lipinski definition) is 3. The third-order valence-corrected chi connectivity index (χ3v) is 1.92. The maximum Gasteiger partial charge on any atom is 0.411 e. The maximum atomic E-state index is 13.2. The number of rotatable bonds is 4. The molecule has 0 heterocycles. The summed E-state index contributed by atoms with van der Waals surface area (Å²) in [6, 6.07) is 5.72. The summed E-state index contributed by atoms with van der Waals surface area (Å²) in [5.41, 5.74) is 2.61. The number of nitrogens with one attached hydrogen (secondary N) is 2. The number of hydrazone groups is 1. The molecule has 0 aliphatic carbocycles. The third kappa shape index (κ3) is 4.03. The van der Waals surface area contributed by atoms with Gasteiger partial charge in [0.15, 0.2) is 6.04 Å². The summed E-state index contributed by atoms with van der Waals surface area (Å²) in [5.74, 6) is -1.57. The lowest BCUT2D eigenvalue weighted by atomic mass is 10.3. The van der Waals surface area contributed by atoms with E-state index in [1.54, 1.807) is 30.3 Å². The number of para-hydroxylation sites is 1. The highest BCUT2D eigenvalue weighted by atomic mass is 19.4. The minimum atomic E-state index is -4.72. The molecule has 0 aromatic heterocycles. The van der Waals surface area contributed by atoms with Crippen LogP contribution in [-0.4, -0.2) is 25.2 Å². The van der Waals surface area contributed by atoms with Crippen molar-refractivity contribution < 1.29 is 17.6 Å². The van der Waals surface area contributed by atoms with Crippen LogP contribution in [0.3, 0.4) is 0 Å². The van der Waals surface area contributed by atoms with Crippen molar-refractivity contribution in [1.29, 1.82) is 0 Å². The molecule has 0 unspecified atom stereocenters. The summed E-state index contributed by atoms with van der Waals surface area (Å²) in [6.07, 6.45) is -4.72. The summed E-state index contributed by atoms with van der Waals surface area (Å²) < 4.78 is 50.0. The zero-order chi connectivity index (χ0) is 12.9. The fourth-order valence-corrected chi connectivity index (χ4v) is 1.11. The molecule has 0 aliphatic rings. The predicted octanol–water partition coefficient (Wildman–Crippen LogP) is 2.53. The fourth-order valence-electron chi connectivity index (χ4n) is 1.11. The van der Waals surface area contributed by atoms with Gasteiger partial charge in [0.25, 0.3) is 0 Å². The molecule has 0 fully saturated rings. The molecule has 94 valence electrons. The van der Waals surface area contributed by atoms with Gasteiger partial charge in [-0.3, -0.25) is 5.43 Å². The Morgan fingerprint density at radius 3 is 2.29 bits per heavy atom. The second-order valence-corrected chi connectivity index (χ2v) is 3.18. The molecule has 0 radical (unpaired) electrons. The van der Waals surface area contributed by atoms with E-state index in [1.165, 1.54) is 0 Å². The van der Waals surface area contributed by atoms with E-state index in [0.717, 1.165) is 7.05 Å². The van der Waals surface area contributed by atoms with Gasteiger partial charge in [-0.2, -0.15) is 17.6 Å². The second-order valence-electron chi connectivity index (χ2n) is 3.18. The number of nitrogens with zero attached hydrogens (tertiary/aromatic N) is 1. The molecule has 0 spiro atoms. The molecule has 2 N–H and O–H groups in total. The van der Waals surface area contributed by atoms with Gasteiger partial charge in [-0.1, -0.05) is 18.2 Å². The van der Waals surface area contributed by atoms with Crippen molar-refractivity contribution in [2.24, 2.45) is 5.10 Å². The first-order valence-corrected chi connectivity index (χ1v) is 4.73. The smallest absolute Gasteiger partial charge is 0.302 e. The van der Waals surface area contributed by atoms with E-state index in [2.05, 4.69) is 10.5 Å². The minimum Gasteiger partial charge on any atom is -0.302 e. The largest absolute Gasteiger partial charge is 0.411 e. The Bertz CT molecular complexity index is 375. The Morgan fingerprint density at radius 1 is 1.24 bits per heavy atom. The Labute approximate surface area is 95.5 Å². The number of benzene rings is 1. The van der Waals surface area contributed by atoms with Crippen LogP contribution in [0, 0.1) is 0 Å². The number of hydrogen-bond donors (Lipinski definition) is 2. The van der Waals surface area contributed by atoms with Gasteiger partial charge in [-0.25, -0.2) is 0 Å². The van der Waals surface area contributed by atoms with Gasteiger partial charge in [0.1, 0.15) is 0 Å². The van der Waals surface area contributed by atoms with Crippen molar-refractivity contribution in [3.8, 4) is 0 Å². The standard InChI is InChI=1S/C10H11F4N3/c1-15-8(10(12,13)14)9(11)17-16-7-5-3-2-4-6-7/h2-6,8,15-16H,1H3/b17-9+/t8-/m0/s1. The van der Waals surface area contributed by atoms with Gasteiger partial charge in [0.2, 0.25) is 5.97 Å². The van der Waals surface area contributed by atoms with E-state index in [9.17, 15) is 17.6 Å². The SMILES string of the molecule is CN[C@@H](/C(F)=N\Nc1ccccc1)C(F)(F)F. The molecular formula is C10H11F4N3. The molecule has 17 heavy (non-hydrogen) atoms. The molecule has 0 saturated carbocycles. The molecule has 3 nitrogen and oxygen atoms in total. The minimum absolute atomic E-state index is 0.402. The quantitative estimate of drug-likeness (QED) is 0.488. The van der Waals surface area contributed by atoms with Gasteiger partial charge in [-0.15, -0.1) is 5.10 Å². The topological polar surface area (TPSA) is 36.4 Å². The highest BCUT2D eigenvalue weighted by Gasteiger charge is 2.43. The van der Waals surface area contributed by atoms with Crippen LogP contribution in [-0.2, 0) is 0 Å². The maximum absolute atomic E-state index is 13.2. The van der Waals surface area contributed by atoms with Gasteiger partial charge < -0.3 is 5.32 Å². The van der Waals surface area contributed by atoms with E-state index >= 15 is 0 Å². The molecule has 1 aromatic rings. The Kier molecular flexibility index (Phi) is 4.45. The van der Waals surface area contributed by atoms with Gasteiger partial charge in [0.05, 0.1) is 5.69 Å². The van der Waals surface area contributed by atoms with E-state index < -0.39 is 18.2 Å². The monoisotopic (exact) mass is 249 g/mol. The summed E-state index contributed by atoms with van der Waals surface area (Å²) in [5, 5.41) is 4.86. The van der Waals surface area contributed by atoms with Crippen molar-refractivity contribution in [3.05, 3.63) is 30.3 Å². The Balaban J connectivity index is 2.72. The predicted molar refractivity (Wildman–Crippen MR) is 57.5 cm³/mol. The molecule has 0 bridgehead atoms. The first-order valence-electron chi connectivity index (χ1n) is 4.73. The van der Waals surface area contributed by atoms with Gasteiger partial charge >= 0.3 is 6.18 Å². The first kappa shape index (κ1) is 13.4. The van der Waals surface area contributed by atoms with E-state index in [1.807, 2.05) is 5.32 Å². The first-order chi connectivity index (χ1) is 7.95. The fraction of sp³-hybridized carbons (Fsp3) is 0.300. The van der Waals surface area contributed by atoms with Crippen LogP contribution in [0.25, 0.3) is 0 Å². The highest BCUT2D eigenvalue weighted by molar-refractivity contribution is 5.82. The molecule has 7 heteroatoms. The highest BCUT2D eigenvalue weighted by Crippen LogP contribution is 2.21. The number of anilines is 1. The van der Waals surface area contributed by atoms with Gasteiger partial charge in [0, 0.05) is 0 Å². The number of halogens is 4. The molecule has 1 rings (SSSR count). The average Bonchev–Trinajstić information content (AvgIpc) is 2.27. The summed E-state index contributed by atoms with van der Waals surface area (Å²) in [4.78, 5) is 0. The number of alkyl halides is 3. The zero-order valence-corrected chi connectivity index (χ0v) is 8.92. The average molecular weight is 249 g/mol. The van der Waals surface area contributed by atoms with Crippen LogP contribution in [0.5, 0.6) is 0 Å². The summed E-state index contributed by atoms with van der Waals surface area (Å²) >= 11 is 0. The molecule has 0 saturated heterocycles. The third-order valence-electron chi connectivity index (χ3n) is 1.92. The van der Waals surface area contributed by atoms with Crippen molar-refractivity contribution >= 4 is 11.7 Å². The van der Waals surface area contributed by atoms with Crippen LogP contribution < -0.4 is 10.7 Å². The van der Waals surface area contributed by atoms with Crippen LogP contribution in [0.15, 0.2) is 35.4 Å².